The molecule has 19 heavy (non-hydrogen) atoms. The third kappa shape index (κ3) is 2.81. The van der Waals surface area contributed by atoms with Gasteiger partial charge in [0.05, 0.1) is 0 Å². The second kappa shape index (κ2) is 5.92. The summed E-state index contributed by atoms with van der Waals surface area (Å²) < 4.78 is 0. The fourth-order valence-electron chi connectivity index (χ4n) is 2.48. The van der Waals surface area contributed by atoms with Crippen molar-refractivity contribution in [2.75, 3.05) is 0 Å². The first-order valence-corrected chi connectivity index (χ1v) is 7.13. The molecule has 0 saturated heterocycles. The Bertz CT molecular complexity index is 570. The van der Waals surface area contributed by atoms with E-state index in [-0.39, 0.29) is 0 Å². The number of aromatic hydroxyl groups is 1. The summed E-state index contributed by atoms with van der Waals surface area (Å²) >= 11 is 0. The molecule has 100 valence electrons. The van der Waals surface area contributed by atoms with Gasteiger partial charge in [0.2, 0.25) is 0 Å². The Kier molecular flexibility index (Phi) is 4.26. The van der Waals surface area contributed by atoms with E-state index in [1.165, 1.54) is 22.3 Å². The minimum Gasteiger partial charge on any atom is -0.508 e. The van der Waals surface area contributed by atoms with Crippen molar-refractivity contribution < 1.29 is 5.11 Å². The second-order valence-corrected chi connectivity index (χ2v) is 4.90. The first kappa shape index (κ1) is 13.7. The fraction of sp³-hybridized carbons (Fsp3) is 0.333. The van der Waals surface area contributed by atoms with Gasteiger partial charge < -0.3 is 5.11 Å². The molecular weight excluding hydrogens is 232 g/mol. The Hall–Kier alpha value is -1.76. The van der Waals surface area contributed by atoms with Crippen molar-refractivity contribution in [2.24, 2.45) is 0 Å². The zero-order valence-corrected chi connectivity index (χ0v) is 12.0. The van der Waals surface area contributed by atoms with Crippen molar-refractivity contribution in [3.63, 3.8) is 0 Å². The predicted molar refractivity (Wildman–Crippen MR) is 81.7 cm³/mol. The van der Waals surface area contributed by atoms with Gasteiger partial charge in [0.1, 0.15) is 5.75 Å². The van der Waals surface area contributed by atoms with Crippen LogP contribution in [0.4, 0.5) is 0 Å². The minimum absolute atomic E-state index is 0.398. The van der Waals surface area contributed by atoms with Crippen molar-refractivity contribution in [1.29, 1.82) is 0 Å². The van der Waals surface area contributed by atoms with Crippen molar-refractivity contribution in [3.8, 4) is 16.9 Å². The topological polar surface area (TPSA) is 20.2 Å². The summed E-state index contributed by atoms with van der Waals surface area (Å²) in [6, 6.07) is 12.6. The highest BCUT2D eigenvalue weighted by Gasteiger charge is 2.07. The highest BCUT2D eigenvalue weighted by molar-refractivity contribution is 5.69. The Balaban J connectivity index is 2.52. The zero-order chi connectivity index (χ0) is 13.8. The molecule has 0 aliphatic heterocycles. The number of phenols is 1. The molecule has 0 radical (unpaired) electrons. The molecule has 0 amide bonds. The summed E-state index contributed by atoms with van der Waals surface area (Å²) in [5, 5.41) is 9.79. The summed E-state index contributed by atoms with van der Waals surface area (Å²) in [6.45, 7) is 6.45. The average molecular weight is 254 g/mol. The molecule has 2 rings (SSSR count). The van der Waals surface area contributed by atoms with Crippen molar-refractivity contribution in [1.82, 2.24) is 0 Å². The molecule has 2 aromatic carbocycles. The van der Waals surface area contributed by atoms with Crippen LogP contribution in [0, 0.1) is 0 Å². The molecule has 0 aliphatic rings. The number of rotatable bonds is 4. The van der Waals surface area contributed by atoms with Gasteiger partial charge >= 0.3 is 0 Å². The van der Waals surface area contributed by atoms with Gasteiger partial charge in [-0.25, -0.2) is 0 Å². The largest absolute Gasteiger partial charge is 0.508 e. The van der Waals surface area contributed by atoms with E-state index in [9.17, 15) is 5.11 Å². The predicted octanol–water partition coefficient (Wildman–Crippen LogP) is 4.75. The smallest absolute Gasteiger partial charge is 0.118 e. The molecular formula is C18H22O. The van der Waals surface area contributed by atoms with Crippen LogP contribution < -0.4 is 0 Å². The number of phenolic OH excluding ortho intramolecular Hbond substituents is 1. The normalized spacial score (nSPS) is 10.7. The first-order chi connectivity index (χ1) is 9.19. The molecule has 2 aromatic rings. The van der Waals surface area contributed by atoms with E-state index in [0.717, 1.165) is 24.8 Å². The van der Waals surface area contributed by atoms with Crippen molar-refractivity contribution in [3.05, 3.63) is 53.1 Å². The molecule has 1 nitrogen and oxygen atoms in total. The number of aryl methyl sites for hydroxylation is 3. The van der Waals surface area contributed by atoms with Crippen LogP contribution in [0.25, 0.3) is 11.1 Å². The third-order valence-electron chi connectivity index (χ3n) is 3.73. The summed E-state index contributed by atoms with van der Waals surface area (Å²) in [5.41, 5.74) is 6.27. The van der Waals surface area contributed by atoms with Gasteiger partial charge in [-0.15, -0.1) is 0 Å². The average Bonchev–Trinajstić information content (AvgIpc) is 2.47. The molecule has 0 saturated carbocycles. The maximum Gasteiger partial charge on any atom is 0.118 e. The molecule has 0 unspecified atom stereocenters. The van der Waals surface area contributed by atoms with Gasteiger partial charge in [0, 0.05) is 0 Å². The van der Waals surface area contributed by atoms with E-state index in [4.69, 9.17) is 0 Å². The minimum atomic E-state index is 0.398. The molecule has 0 bridgehead atoms. The summed E-state index contributed by atoms with van der Waals surface area (Å²) in [4.78, 5) is 0. The Morgan fingerprint density at radius 1 is 0.789 bits per heavy atom. The lowest BCUT2D eigenvalue weighted by atomic mass is 9.94. The SMILES string of the molecule is CCc1ccc(-c2ccc(O)c(CC)c2)c(CC)c1. The van der Waals surface area contributed by atoms with E-state index in [1.54, 1.807) is 6.07 Å². The van der Waals surface area contributed by atoms with Crippen LogP contribution in [0.3, 0.4) is 0 Å². The Labute approximate surface area is 115 Å². The molecule has 0 spiro atoms. The number of benzene rings is 2. The number of hydrogen-bond donors (Lipinski definition) is 1. The van der Waals surface area contributed by atoms with E-state index in [0.29, 0.717) is 5.75 Å². The maximum atomic E-state index is 9.79. The Morgan fingerprint density at radius 2 is 1.53 bits per heavy atom. The second-order valence-electron chi connectivity index (χ2n) is 4.90. The lowest BCUT2D eigenvalue weighted by molar-refractivity contribution is 0.469. The van der Waals surface area contributed by atoms with Gasteiger partial charge in [-0.3, -0.25) is 0 Å². The summed E-state index contributed by atoms with van der Waals surface area (Å²) in [5.74, 6) is 0.398. The fourth-order valence-corrected chi connectivity index (χ4v) is 2.48. The summed E-state index contributed by atoms with van der Waals surface area (Å²) in [6.07, 6.45) is 2.96. The zero-order valence-electron chi connectivity index (χ0n) is 12.0. The van der Waals surface area contributed by atoms with Crippen LogP contribution in [-0.4, -0.2) is 5.11 Å². The number of hydrogen-bond acceptors (Lipinski definition) is 1. The molecule has 0 heterocycles. The third-order valence-corrected chi connectivity index (χ3v) is 3.73. The van der Waals surface area contributed by atoms with Gasteiger partial charge in [-0.1, -0.05) is 45.0 Å². The van der Waals surface area contributed by atoms with Crippen LogP contribution in [-0.2, 0) is 19.3 Å². The monoisotopic (exact) mass is 254 g/mol. The molecule has 0 aromatic heterocycles. The maximum absolute atomic E-state index is 9.79. The first-order valence-electron chi connectivity index (χ1n) is 7.13. The van der Waals surface area contributed by atoms with E-state index in [1.807, 2.05) is 6.07 Å². The van der Waals surface area contributed by atoms with E-state index >= 15 is 0 Å². The van der Waals surface area contributed by atoms with Crippen LogP contribution in [0.15, 0.2) is 36.4 Å². The van der Waals surface area contributed by atoms with Gasteiger partial charge in [0.25, 0.3) is 0 Å². The standard InChI is InChI=1S/C18H22O/c1-4-13-7-9-17(14(5-2)11-13)16-8-10-18(19)15(6-3)12-16/h7-12,19H,4-6H2,1-3H3. The molecule has 0 aliphatic carbocycles. The van der Waals surface area contributed by atoms with Crippen molar-refractivity contribution in [2.45, 2.75) is 40.0 Å². The van der Waals surface area contributed by atoms with Crippen LogP contribution >= 0.6 is 0 Å². The van der Waals surface area contributed by atoms with Gasteiger partial charge in [0.15, 0.2) is 0 Å². The quantitative estimate of drug-likeness (QED) is 0.835. The van der Waals surface area contributed by atoms with Crippen LogP contribution in [0.2, 0.25) is 0 Å². The molecule has 1 N–H and O–H groups in total. The lowest BCUT2D eigenvalue weighted by Crippen LogP contribution is -1.92. The van der Waals surface area contributed by atoms with E-state index in [2.05, 4.69) is 45.0 Å². The molecule has 1 heteroatoms. The highest BCUT2D eigenvalue weighted by atomic mass is 16.3. The lowest BCUT2D eigenvalue weighted by Gasteiger charge is -2.12. The molecule has 0 atom stereocenters. The summed E-state index contributed by atoms with van der Waals surface area (Å²) in [7, 11) is 0. The molecule has 0 fully saturated rings. The van der Waals surface area contributed by atoms with Crippen molar-refractivity contribution >= 4 is 0 Å². The Morgan fingerprint density at radius 3 is 2.16 bits per heavy atom. The van der Waals surface area contributed by atoms with Gasteiger partial charge in [-0.05, 0) is 59.2 Å². The highest BCUT2D eigenvalue weighted by Crippen LogP contribution is 2.29. The van der Waals surface area contributed by atoms with E-state index < -0.39 is 0 Å². The van der Waals surface area contributed by atoms with Gasteiger partial charge in [-0.2, -0.15) is 0 Å². The van der Waals surface area contributed by atoms with Crippen LogP contribution in [0.5, 0.6) is 5.75 Å². The van der Waals surface area contributed by atoms with Crippen LogP contribution in [0.1, 0.15) is 37.5 Å².